The Morgan fingerprint density at radius 1 is 1.35 bits per heavy atom. The number of aliphatic carboxylic acids is 1. The Balaban J connectivity index is 3.16. The van der Waals surface area contributed by atoms with E-state index >= 15 is 0 Å². The lowest BCUT2D eigenvalue weighted by Crippen LogP contribution is -2.32. The summed E-state index contributed by atoms with van der Waals surface area (Å²) in [5.41, 5.74) is 5.18. The van der Waals surface area contributed by atoms with Crippen LogP contribution in [0.25, 0.3) is 0 Å². The summed E-state index contributed by atoms with van der Waals surface area (Å²) >= 11 is 0. The normalized spacial score (nSPS) is 13.3. The van der Waals surface area contributed by atoms with Crippen LogP contribution in [0, 0.1) is 5.82 Å². The van der Waals surface area contributed by atoms with Crippen LogP contribution in [-0.2, 0) is 14.6 Å². The van der Waals surface area contributed by atoms with Crippen LogP contribution < -0.4 is 5.73 Å². The molecule has 0 saturated heterocycles. The van der Waals surface area contributed by atoms with Crippen molar-refractivity contribution in [3.05, 3.63) is 30.1 Å². The molecule has 7 heteroatoms. The van der Waals surface area contributed by atoms with Crippen molar-refractivity contribution in [2.75, 3.05) is 6.54 Å². The van der Waals surface area contributed by atoms with E-state index in [2.05, 4.69) is 0 Å². The summed E-state index contributed by atoms with van der Waals surface area (Å²) in [6.07, 6.45) is -0.185. The van der Waals surface area contributed by atoms with Gasteiger partial charge in [0.25, 0.3) is 0 Å². The lowest BCUT2D eigenvalue weighted by molar-refractivity contribution is -0.136. The fourth-order valence-corrected chi connectivity index (χ4v) is 2.91. The van der Waals surface area contributed by atoms with Crippen LogP contribution in [-0.4, -0.2) is 31.3 Å². The van der Waals surface area contributed by atoms with E-state index in [9.17, 15) is 17.6 Å². The predicted molar refractivity (Wildman–Crippen MR) is 58.7 cm³/mol. The smallest absolute Gasteiger partial charge is 0.322 e. The van der Waals surface area contributed by atoms with Crippen molar-refractivity contribution >= 4 is 15.8 Å². The molecular weight excluding hydrogens is 249 g/mol. The number of carboxylic acids is 1. The van der Waals surface area contributed by atoms with Gasteiger partial charge in [-0.25, -0.2) is 12.8 Å². The Labute approximate surface area is 98.0 Å². The summed E-state index contributed by atoms with van der Waals surface area (Å²) in [6.45, 7) is -0.0581. The molecule has 0 fully saturated rings. The molecule has 0 bridgehead atoms. The predicted octanol–water partition coefficient (Wildman–Crippen LogP) is 0.401. The second kappa shape index (κ2) is 5.24. The first-order valence-electron chi connectivity index (χ1n) is 4.82. The molecule has 1 atom stereocenters. The van der Waals surface area contributed by atoms with Gasteiger partial charge in [0.1, 0.15) is 5.82 Å². The Morgan fingerprint density at radius 3 is 2.29 bits per heavy atom. The van der Waals surface area contributed by atoms with Crippen LogP contribution in [0.4, 0.5) is 4.39 Å². The summed E-state index contributed by atoms with van der Waals surface area (Å²) in [7, 11) is -4.03. The molecule has 1 rings (SSSR count). The van der Waals surface area contributed by atoms with Gasteiger partial charge in [-0.1, -0.05) is 0 Å². The van der Waals surface area contributed by atoms with Gasteiger partial charge in [-0.15, -0.1) is 0 Å². The fraction of sp³-hybridized carbons (Fsp3) is 0.300. The second-order valence-corrected chi connectivity index (χ2v) is 5.53. The number of carboxylic acid groups (broad SMARTS) is 1. The van der Waals surface area contributed by atoms with Gasteiger partial charge in [-0.05, 0) is 37.2 Å². The van der Waals surface area contributed by atoms with Crippen molar-refractivity contribution in [1.82, 2.24) is 0 Å². The highest BCUT2D eigenvalue weighted by molar-refractivity contribution is 7.92. The number of sulfone groups is 1. The molecular formula is C10H12FNO4S. The number of hydrogen-bond acceptors (Lipinski definition) is 4. The molecule has 0 amide bonds. The molecule has 1 unspecified atom stereocenters. The third-order valence-corrected chi connectivity index (χ3v) is 4.34. The minimum absolute atomic E-state index is 0.0581. The van der Waals surface area contributed by atoms with E-state index in [0.717, 1.165) is 24.3 Å². The molecule has 0 aliphatic carbocycles. The highest BCUT2D eigenvalue weighted by Crippen LogP contribution is 2.18. The molecule has 94 valence electrons. The third-order valence-electron chi connectivity index (χ3n) is 2.22. The molecule has 1 aromatic carbocycles. The molecule has 0 saturated carbocycles. The lowest BCUT2D eigenvalue weighted by atomic mass is 10.3. The molecule has 1 aromatic rings. The van der Waals surface area contributed by atoms with Gasteiger partial charge in [-0.3, -0.25) is 4.79 Å². The summed E-state index contributed by atoms with van der Waals surface area (Å²) in [4.78, 5) is 10.6. The quantitative estimate of drug-likeness (QED) is 0.748. The Kier molecular flexibility index (Phi) is 4.19. The van der Waals surface area contributed by atoms with Crippen molar-refractivity contribution in [1.29, 1.82) is 0 Å². The van der Waals surface area contributed by atoms with Crippen LogP contribution >= 0.6 is 0 Å². The number of nitrogens with two attached hydrogens (primary N) is 1. The summed E-state index contributed by atoms with van der Waals surface area (Å²) in [5, 5.41) is 7.25. The number of carbonyl (C=O) groups is 1. The largest absolute Gasteiger partial charge is 0.480 e. The zero-order chi connectivity index (χ0) is 13.1. The monoisotopic (exact) mass is 261 g/mol. The Hall–Kier alpha value is -1.47. The molecule has 0 aliphatic heterocycles. The first kappa shape index (κ1) is 13.6. The van der Waals surface area contributed by atoms with Crippen molar-refractivity contribution < 1.29 is 22.7 Å². The highest BCUT2D eigenvalue weighted by Gasteiger charge is 2.33. The van der Waals surface area contributed by atoms with Crippen molar-refractivity contribution in [2.45, 2.75) is 16.6 Å². The van der Waals surface area contributed by atoms with E-state index < -0.39 is 26.9 Å². The van der Waals surface area contributed by atoms with Crippen molar-refractivity contribution in [3.8, 4) is 0 Å². The van der Waals surface area contributed by atoms with Crippen molar-refractivity contribution in [3.63, 3.8) is 0 Å². The van der Waals surface area contributed by atoms with E-state index in [-0.39, 0.29) is 17.9 Å². The maximum atomic E-state index is 12.7. The molecule has 3 N–H and O–H groups in total. The standard InChI is InChI=1S/C10H12FNO4S/c11-7-1-3-8(4-2-7)17(15,16)9(5-6-12)10(13)14/h1-4,9H,5-6,12H2,(H,13,14). The SMILES string of the molecule is NCCC(C(=O)O)S(=O)(=O)c1ccc(F)cc1. The van der Waals surface area contributed by atoms with Gasteiger partial charge in [0.15, 0.2) is 15.1 Å². The van der Waals surface area contributed by atoms with Gasteiger partial charge in [-0.2, -0.15) is 0 Å². The molecule has 0 heterocycles. The van der Waals surface area contributed by atoms with Gasteiger partial charge >= 0.3 is 5.97 Å². The lowest BCUT2D eigenvalue weighted by Gasteiger charge is -2.12. The summed E-state index contributed by atoms with van der Waals surface area (Å²) in [6, 6.07) is 4.01. The second-order valence-electron chi connectivity index (χ2n) is 3.40. The summed E-state index contributed by atoms with van der Waals surface area (Å²) in [5.74, 6) is -2.05. The van der Waals surface area contributed by atoms with E-state index in [1.807, 2.05) is 0 Å². The van der Waals surface area contributed by atoms with Crippen LogP contribution in [0.3, 0.4) is 0 Å². The number of rotatable bonds is 5. The number of hydrogen-bond donors (Lipinski definition) is 2. The Bertz CT molecular complexity index is 498. The fourth-order valence-electron chi connectivity index (χ4n) is 1.35. The third kappa shape index (κ3) is 3.01. The van der Waals surface area contributed by atoms with Crippen LogP contribution in [0.1, 0.15) is 6.42 Å². The maximum Gasteiger partial charge on any atom is 0.322 e. The molecule has 0 spiro atoms. The molecule has 0 aliphatic rings. The van der Waals surface area contributed by atoms with Crippen molar-refractivity contribution in [2.24, 2.45) is 5.73 Å². The maximum absolute atomic E-state index is 12.7. The van der Waals surface area contributed by atoms with Gasteiger partial charge < -0.3 is 10.8 Å². The molecule has 0 radical (unpaired) electrons. The Morgan fingerprint density at radius 2 is 1.88 bits per heavy atom. The topological polar surface area (TPSA) is 97.5 Å². The molecule has 5 nitrogen and oxygen atoms in total. The molecule has 17 heavy (non-hydrogen) atoms. The van der Waals surface area contributed by atoms with E-state index in [1.165, 1.54) is 0 Å². The average molecular weight is 261 g/mol. The number of halogens is 1. The zero-order valence-electron chi connectivity index (χ0n) is 8.84. The molecule has 0 aromatic heterocycles. The minimum Gasteiger partial charge on any atom is -0.480 e. The minimum atomic E-state index is -4.03. The number of benzene rings is 1. The van der Waals surface area contributed by atoms with Gasteiger partial charge in [0.2, 0.25) is 0 Å². The summed E-state index contributed by atoms with van der Waals surface area (Å²) < 4.78 is 36.5. The average Bonchev–Trinajstić information content (AvgIpc) is 2.25. The first-order chi connectivity index (χ1) is 7.89. The van der Waals surface area contributed by atoms with E-state index in [0.29, 0.717) is 0 Å². The van der Waals surface area contributed by atoms with Crippen LogP contribution in [0.15, 0.2) is 29.2 Å². The van der Waals surface area contributed by atoms with Gasteiger partial charge in [0, 0.05) is 0 Å². The van der Waals surface area contributed by atoms with Gasteiger partial charge in [0.05, 0.1) is 4.90 Å². The van der Waals surface area contributed by atoms with Crippen LogP contribution in [0.2, 0.25) is 0 Å². The highest BCUT2D eigenvalue weighted by atomic mass is 32.2. The zero-order valence-corrected chi connectivity index (χ0v) is 9.65. The van der Waals surface area contributed by atoms with Crippen LogP contribution in [0.5, 0.6) is 0 Å². The first-order valence-corrected chi connectivity index (χ1v) is 6.36. The van der Waals surface area contributed by atoms with E-state index in [4.69, 9.17) is 10.8 Å². The van der Waals surface area contributed by atoms with E-state index in [1.54, 1.807) is 0 Å².